The Kier molecular flexibility index (Phi) is 6.16. The molecular weight excluding hydrogens is 469 g/mol. The van der Waals surface area contributed by atoms with Crippen LogP contribution in [0.25, 0.3) is 16.6 Å². The van der Waals surface area contributed by atoms with E-state index in [9.17, 15) is 12.8 Å². The van der Waals surface area contributed by atoms with Crippen molar-refractivity contribution in [3.8, 4) is 5.69 Å². The Morgan fingerprint density at radius 2 is 1.86 bits per heavy atom. The highest BCUT2D eigenvalue weighted by molar-refractivity contribution is 7.89. The van der Waals surface area contributed by atoms with E-state index in [2.05, 4.69) is 39.3 Å². The molecule has 1 aliphatic heterocycles. The number of nitrogens with zero attached hydrogens (tertiary/aromatic N) is 7. The average Bonchev–Trinajstić information content (AvgIpc) is 3.46. The molecule has 0 unspecified atom stereocenters. The molecule has 0 spiro atoms. The number of fused-ring (bicyclic) bond motifs is 1. The summed E-state index contributed by atoms with van der Waals surface area (Å²) < 4.78 is 43.3. The van der Waals surface area contributed by atoms with E-state index in [0.29, 0.717) is 19.6 Å². The Hall–Kier alpha value is -3.15. The summed E-state index contributed by atoms with van der Waals surface area (Å²) in [5, 5.41) is 13.4. The normalized spacial score (nSPS) is 17.9. The molecule has 2 aromatic carbocycles. The predicted octanol–water partition coefficient (Wildman–Crippen LogP) is 3.06. The van der Waals surface area contributed by atoms with E-state index < -0.39 is 10.0 Å². The first-order valence-corrected chi connectivity index (χ1v) is 13.1. The van der Waals surface area contributed by atoms with Crippen molar-refractivity contribution in [1.82, 2.24) is 34.0 Å². The van der Waals surface area contributed by atoms with E-state index >= 15 is 0 Å². The molecule has 0 bridgehead atoms. The molecule has 0 amide bonds. The number of aryl methyl sites for hydroxylation is 2. The van der Waals surface area contributed by atoms with Gasteiger partial charge in [0.2, 0.25) is 5.03 Å². The molecule has 35 heavy (non-hydrogen) atoms. The first kappa shape index (κ1) is 23.6. The zero-order valence-corrected chi connectivity index (χ0v) is 20.8. The second kappa shape index (κ2) is 9.14. The third-order valence-electron chi connectivity index (χ3n) is 6.53. The lowest BCUT2D eigenvalue weighted by atomic mass is 9.96. The van der Waals surface area contributed by atoms with Crippen LogP contribution in [0.2, 0.25) is 0 Å². The highest BCUT2D eigenvalue weighted by Gasteiger charge is 2.36. The van der Waals surface area contributed by atoms with Crippen LogP contribution >= 0.6 is 0 Å². The summed E-state index contributed by atoms with van der Waals surface area (Å²) in [6.45, 7) is 6.40. The van der Waals surface area contributed by atoms with E-state index in [0.717, 1.165) is 40.7 Å². The van der Waals surface area contributed by atoms with Gasteiger partial charge < -0.3 is 0 Å². The quantitative estimate of drug-likeness (QED) is 0.407. The Labute approximate surface area is 203 Å². The minimum absolute atomic E-state index is 0.0320. The molecule has 184 valence electrons. The molecule has 1 atom stereocenters. The van der Waals surface area contributed by atoms with E-state index in [1.54, 1.807) is 30.1 Å². The van der Waals surface area contributed by atoms with Gasteiger partial charge in [0.05, 0.1) is 23.6 Å². The molecule has 4 aromatic rings. The highest BCUT2D eigenvalue weighted by Crippen LogP contribution is 2.33. The van der Waals surface area contributed by atoms with Gasteiger partial charge in [-0.25, -0.2) is 17.5 Å². The molecule has 0 N–H and O–H groups in total. The van der Waals surface area contributed by atoms with Crippen molar-refractivity contribution in [3.63, 3.8) is 0 Å². The summed E-state index contributed by atoms with van der Waals surface area (Å²) in [5.74, 6) is -0.294. The van der Waals surface area contributed by atoms with E-state index in [4.69, 9.17) is 0 Å². The van der Waals surface area contributed by atoms with Crippen LogP contribution in [0.15, 0.2) is 53.8 Å². The lowest BCUT2D eigenvalue weighted by Crippen LogP contribution is -2.50. The van der Waals surface area contributed by atoms with Crippen LogP contribution < -0.4 is 0 Å². The van der Waals surface area contributed by atoms with Crippen molar-refractivity contribution in [2.24, 2.45) is 7.05 Å². The van der Waals surface area contributed by atoms with Gasteiger partial charge in [-0.15, -0.1) is 5.10 Å². The van der Waals surface area contributed by atoms with Crippen LogP contribution in [0, 0.1) is 12.7 Å². The maximum absolute atomic E-state index is 13.4. The van der Waals surface area contributed by atoms with Gasteiger partial charge >= 0.3 is 0 Å². The van der Waals surface area contributed by atoms with Crippen molar-refractivity contribution in [1.29, 1.82) is 0 Å². The number of halogens is 1. The van der Waals surface area contributed by atoms with Crippen molar-refractivity contribution >= 4 is 20.9 Å². The van der Waals surface area contributed by atoms with Crippen LogP contribution in [0.4, 0.5) is 4.39 Å². The van der Waals surface area contributed by atoms with Crippen LogP contribution in [0.1, 0.15) is 30.5 Å². The summed E-state index contributed by atoms with van der Waals surface area (Å²) in [7, 11) is -2.14. The maximum atomic E-state index is 13.4. The summed E-state index contributed by atoms with van der Waals surface area (Å²) in [5.41, 5.74) is 3.81. The topological polar surface area (TPSA) is 89.2 Å². The van der Waals surface area contributed by atoms with Gasteiger partial charge in [0.25, 0.3) is 10.0 Å². The number of hydrogen-bond donors (Lipinski definition) is 0. The Morgan fingerprint density at radius 1 is 1.09 bits per heavy atom. The molecular formula is C24H28FN7O2S. The van der Waals surface area contributed by atoms with Crippen molar-refractivity contribution < 1.29 is 12.8 Å². The van der Waals surface area contributed by atoms with E-state index in [-0.39, 0.29) is 16.9 Å². The summed E-state index contributed by atoms with van der Waals surface area (Å²) in [6.07, 6.45) is 4.06. The molecule has 2 aromatic heterocycles. The lowest BCUT2D eigenvalue weighted by Gasteiger charge is -2.41. The van der Waals surface area contributed by atoms with Gasteiger partial charge in [-0.3, -0.25) is 4.90 Å². The van der Waals surface area contributed by atoms with Gasteiger partial charge in [0, 0.05) is 38.1 Å². The van der Waals surface area contributed by atoms with Crippen LogP contribution in [-0.4, -0.2) is 68.6 Å². The molecule has 1 aliphatic rings. The fourth-order valence-corrected chi connectivity index (χ4v) is 6.11. The highest BCUT2D eigenvalue weighted by atomic mass is 32.2. The number of aromatic nitrogens is 5. The number of sulfonamides is 1. The van der Waals surface area contributed by atoms with Gasteiger partial charge in [-0.1, -0.05) is 6.92 Å². The third-order valence-corrected chi connectivity index (χ3v) is 8.26. The molecule has 5 rings (SSSR count). The van der Waals surface area contributed by atoms with Crippen molar-refractivity contribution in [2.45, 2.75) is 31.3 Å². The van der Waals surface area contributed by atoms with Crippen molar-refractivity contribution in [3.05, 3.63) is 65.7 Å². The number of hydrogen-bond acceptors (Lipinski definition) is 6. The zero-order chi connectivity index (χ0) is 24.7. The Morgan fingerprint density at radius 3 is 2.54 bits per heavy atom. The minimum atomic E-state index is -3.75. The van der Waals surface area contributed by atoms with Gasteiger partial charge in [0.15, 0.2) is 0 Å². The fourth-order valence-electron chi connectivity index (χ4n) is 4.78. The van der Waals surface area contributed by atoms with Crippen molar-refractivity contribution in [2.75, 3.05) is 26.2 Å². The smallest absolute Gasteiger partial charge is 0.264 e. The zero-order valence-electron chi connectivity index (χ0n) is 20.0. The van der Waals surface area contributed by atoms with Gasteiger partial charge in [0.1, 0.15) is 5.82 Å². The molecule has 3 heterocycles. The molecule has 1 saturated heterocycles. The van der Waals surface area contributed by atoms with Crippen LogP contribution in [0.5, 0.6) is 0 Å². The monoisotopic (exact) mass is 497 g/mol. The molecule has 1 fully saturated rings. The second-order valence-electron chi connectivity index (χ2n) is 8.89. The first-order chi connectivity index (χ1) is 16.8. The van der Waals surface area contributed by atoms with Crippen LogP contribution in [-0.2, 0) is 17.1 Å². The number of rotatable bonds is 6. The standard InChI is InChI=1S/C24H28FN7O2S/c1-4-9-30-10-11-31(35(33,34)24-15-26-29(3)28-24)16-23(30)21-13-18-14-27-32(22(18)12-17(21)2)20-7-5-19(25)6-8-20/h5-8,12-15,23H,4,9-11,16H2,1-3H3/t23-/m0/s1. The SMILES string of the molecule is CCCN1CCN(S(=O)(=O)c2cnn(C)n2)C[C@H]1c1cc2cnn(-c3ccc(F)cc3)c2cc1C. The molecule has 0 radical (unpaired) electrons. The van der Waals surface area contributed by atoms with E-state index in [1.807, 2.05) is 6.92 Å². The largest absolute Gasteiger partial charge is 0.294 e. The molecule has 0 aliphatic carbocycles. The second-order valence-corrected chi connectivity index (χ2v) is 10.8. The Balaban J connectivity index is 1.52. The first-order valence-electron chi connectivity index (χ1n) is 11.6. The number of benzene rings is 2. The van der Waals surface area contributed by atoms with E-state index in [1.165, 1.54) is 27.4 Å². The number of piperazine rings is 1. The summed E-state index contributed by atoms with van der Waals surface area (Å²) in [4.78, 5) is 3.61. The molecule has 9 nitrogen and oxygen atoms in total. The average molecular weight is 498 g/mol. The van der Waals surface area contributed by atoms with Gasteiger partial charge in [-0.2, -0.15) is 19.3 Å². The predicted molar refractivity (Wildman–Crippen MR) is 130 cm³/mol. The molecule has 0 saturated carbocycles. The lowest BCUT2D eigenvalue weighted by molar-refractivity contribution is 0.118. The summed E-state index contributed by atoms with van der Waals surface area (Å²) in [6, 6.07) is 10.3. The fraction of sp³-hybridized carbons (Fsp3) is 0.375. The maximum Gasteiger partial charge on any atom is 0.264 e. The Bertz CT molecular complexity index is 1460. The minimum Gasteiger partial charge on any atom is -0.294 e. The van der Waals surface area contributed by atoms with Crippen LogP contribution in [0.3, 0.4) is 0 Å². The third kappa shape index (κ3) is 4.35. The molecule has 11 heteroatoms. The summed E-state index contributed by atoms with van der Waals surface area (Å²) >= 11 is 0. The van der Waals surface area contributed by atoms with Gasteiger partial charge in [-0.05, 0) is 67.4 Å².